The zero-order valence-electron chi connectivity index (χ0n) is 18.8. The van der Waals surface area contributed by atoms with Crippen LogP contribution in [0.1, 0.15) is 36.1 Å². The number of fused-ring (bicyclic) bond motifs is 6. The van der Waals surface area contributed by atoms with Gasteiger partial charge in [0.15, 0.2) is 0 Å². The van der Waals surface area contributed by atoms with Crippen LogP contribution >= 0.6 is 0 Å². The molecule has 0 aromatic heterocycles. The van der Waals surface area contributed by atoms with Crippen LogP contribution in [0.3, 0.4) is 0 Å². The molecule has 2 N–H and O–H groups in total. The molecule has 0 amide bonds. The molecule has 0 heterocycles. The number of aromatic hydroxyl groups is 2. The van der Waals surface area contributed by atoms with Crippen molar-refractivity contribution in [3.63, 3.8) is 0 Å². The molecular weight excluding hydrogens is 392 g/mol. The van der Waals surface area contributed by atoms with Crippen molar-refractivity contribution in [2.75, 3.05) is 0 Å². The fraction of sp³-hybridized carbons (Fsp3) is 0.200. The van der Waals surface area contributed by atoms with E-state index in [1.807, 2.05) is 32.0 Å². The lowest BCUT2D eigenvalue weighted by molar-refractivity contribution is 0.468. The second-order valence-electron chi connectivity index (χ2n) is 7.96. The van der Waals surface area contributed by atoms with Crippen molar-refractivity contribution >= 4 is 0 Å². The Morgan fingerprint density at radius 2 is 1.03 bits per heavy atom. The van der Waals surface area contributed by atoms with Crippen LogP contribution in [0.25, 0.3) is 22.3 Å². The van der Waals surface area contributed by atoms with Crippen molar-refractivity contribution in [2.45, 2.75) is 39.5 Å². The van der Waals surface area contributed by atoms with Gasteiger partial charge in [-0.15, -0.1) is 0 Å². The number of hydrogen-bond donors (Lipinski definition) is 2. The largest absolute Gasteiger partial charge is 0.508 e. The molecule has 0 fully saturated rings. The Kier molecular flexibility index (Phi) is 6.61. The molecule has 2 nitrogen and oxygen atoms in total. The summed E-state index contributed by atoms with van der Waals surface area (Å²) in [6.45, 7) is 4.00. The molecule has 2 heteroatoms. The van der Waals surface area contributed by atoms with E-state index >= 15 is 0 Å². The molecule has 0 radical (unpaired) electrons. The number of phenols is 2. The van der Waals surface area contributed by atoms with Gasteiger partial charge in [0.2, 0.25) is 0 Å². The van der Waals surface area contributed by atoms with Crippen LogP contribution in [0.2, 0.25) is 0 Å². The first-order valence-corrected chi connectivity index (χ1v) is 11.5. The number of hydrogen-bond acceptors (Lipinski definition) is 2. The summed E-state index contributed by atoms with van der Waals surface area (Å²) in [5, 5.41) is 19.3. The number of benzene rings is 4. The molecule has 0 saturated heterocycles. The van der Waals surface area contributed by atoms with Gasteiger partial charge in [-0.25, -0.2) is 0 Å². The summed E-state index contributed by atoms with van der Waals surface area (Å²) in [6, 6.07) is 28.3. The van der Waals surface area contributed by atoms with E-state index in [9.17, 15) is 10.2 Å². The third-order valence-electron chi connectivity index (χ3n) is 6.17. The molecule has 0 bridgehead atoms. The predicted molar refractivity (Wildman–Crippen MR) is 133 cm³/mol. The maximum absolute atomic E-state index is 9.78. The lowest BCUT2D eigenvalue weighted by Gasteiger charge is -2.20. The minimum atomic E-state index is 0.352. The van der Waals surface area contributed by atoms with E-state index in [1.54, 1.807) is 12.1 Å². The van der Waals surface area contributed by atoms with Gasteiger partial charge < -0.3 is 10.2 Å². The fourth-order valence-electron chi connectivity index (χ4n) is 4.65. The Morgan fingerprint density at radius 1 is 0.500 bits per heavy atom. The second kappa shape index (κ2) is 9.74. The molecule has 2 aliphatic rings. The zero-order chi connectivity index (χ0) is 22.5. The highest BCUT2D eigenvalue weighted by atomic mass is 16.3. The van der Waals surface area contributed by atoms with E-state index < -0.39 is 0 Å². The van der Waals surface area contributed by atoms with E-state index in [0.717, 1.165) is 31.2 Å². The molecule has 2 aliphatic carbocycles. The molecule has 162 valence electrons. The maximum atomic E-state index is 9.78. The van der Waals surface area contributed by atoms with Crippen molar-refractivity contribution < 1.29 is 10.2 Å². The number of phenolic OH excluding ortho intramolecular Hbond substituents is 2. The third-order valence-corrected chi connectivity index (χ3v) is 6.17. The molecule has 32 heavy (non-hydrogen) atoms. The van der Waals surface area contributed by atoms with Gasteiger partial charge in [0, 0.05) is 5.56 Å². The molecule has 6 rings (SSSR count). The second-order valence-corrected chi connectivity index (χ2v) is 7.96. The van der Waals surface area contributed by atoms with Crippen LogP contribution in [0.5, 0.6) is 11.5 Å². The topological polar surface area (TPSA) is 40.5 Å². The van der Waals surface area contributed by atoms with Crippen LogP contribution < -0.4 is 0 Å². The predicted octanol–water partition coefficient (Wildman–Crippen LogP) is 7.34. The molecule has 0 unspecified atom stereocenters. The van der Waals surface area contributed by atoms with Crippen molar-refractivity contribution in [1.29, 1.82) is 0 Å². The van der Waals surface area contributed by atoms with Crippen LogP contribution in [-0.4, -0.2) is 10.2 Å². The first-order valence-electron chi connectivity index (χ1n) is 11.5. The van der Waals surface area contributed by atoms with E-state index in [-0.39, 0.29) is 0 Å². The Bertz CT molecular complexity index is 1190. The van der Waals surface area contributed by atoms with Crippen LogP contribution in [-0.2, 0) is 25.7 Å². The molecule has 4 aromatic carbocycles. The molecule has 4 aromatic rings. The Hall–Kier alpha value is -3.52. The smallest absolute Gasteiger partial charge is 0.119 e. The van der Waals surface area contributed by atoms with Gasteiger partial charge in [0.25, 0.3) is 0 Å². The van der Waals surface area contributed by atoms with Crippen LogP contribution in [0, 0.1) is 0 Å². The summed E-state index contributed by atoms with van der Waals surface area (Å²) < 4.78 is 0. The van der Waals surface area contributed by atoms with Gasteiger partial charge in [-0.2, -0.15) is 0 Å². The van der Waals surface area contributed by atoms with Gasteiger partial charge in [-0.05, 0) is 82.8 Å². The van der Waals surface area contributed by atoms with Crippen LogP contribution in [0.15, 0.2) is 84.9 Å². The summed E-state index contributed by atoms with van der Waals surface area (Å²) in [5.74, 6) is 0.785. The van der Waals surface area contributed by atoms with E-state index in [1.165, 1.54) is 38.9 Å². The first kappa shape index (κ1) is 21.7. The highest BCUT2D eigenvalue weighted by Gasteiger charge is 2.17. The summed E-state index contributed by atoms with van der Waals surface area (Å²) in [4.78, 5) is 0. The van der Waals surface area contributed by atoms with Crippen molar-refractivity contribution in [3.05, 3.63) is 107 Å². The molecule has 0 aliphatic heterocycles. The SMILES string of the molecule is CC.Oc1ccc2c(c1)-c1ccccc1CC2.Oc1cccc2c1CCc1ccccc1-2. The molecule has 0 atom stereocenters. The number of rotatable bonds is 0. The van der Waals surface area contributed by atoms with Crippen LogP contribution in [0.4, 0.5) is 0 Å². The number of aryl methyl sites for hydroxylation is 3. The normalized spacial score (nSPS) is 12.4. The monoisotopic (exact) mass is 422 g/mol. The van der Waals surface area contributed by atoms with Gasteiger partial charge in [-0.3, -0.25) is 0 Å². The highest BCUT2D eigenvalue weighted by molar-refractivity contribution is 5.75. The quantitative estimate of drug-likeness (QED) is 0.311. The average molecular weight is 423 g/mol. The maximum Gasteiger partial charge on any atom is 0.119 e. The standard InChI is InChI=1S/2C14H12O.C2H6/c15-14-7-3-6-12-11-5-2-1-4-10(11)8-9-13(12)14;15-12-8-7-11-6-5-10-3-1-2-4-13(10)14(11)9-12;1-2/h1-7,15H,8-9H2;1-4,7-9,15H,5-6H2;1-2H3. The van der Waals surface area contributed by atoms with Crippen molar-refractivity contribution in [3.8, 4) is 33.8 Å². The lowest BCUT2D eigenvalue weighted by atomic mass is 9.85. The van der Waals surface area contributed by atoms with Gasteiger partial charge in [-0.1, -0.05) is 80.6 Å². The molecular formula is C30H30O2. The first-order chi connectivity index (χ1) is 15.7. The van der Waals surface area contributed by atoms with Crippen molar-refractivity contribution in [1.82, 2.24) is 0 Å². The lowest BCUT2D eigenvalue weighted by Crippen LogP contribution is -2.03. The summed E-state index contributed by atoms with van der Waals surface area (Å²) in [6.07, 6.45) is 4.15. The summed E-state index contributed by atoms with van der Waals surface area (Å²) in [5.41, 5.74) is 10.1. The molecule has 0 saturated carbocycles. The molecule has 0 spiro atoms. The van der Waals surface area contributed by atoms with Crippen molar-refractivity contribution in [2.24, 2.45) is 0 Å². The summed E-state index contributed by atoms with van der Waals surface area (Å²) in [7, 11) is 0. The third kappa shape index (κ3) is 4.27. The Balaban J connectivity index is 0.000000142. The van der Waals surface area contributed by atoms with Gasteiger partial charge in [0.05, 0.1) is 0 Å². The van der Waals surface area contributed by atoms with E-state index in [0.29, 0.717) is 11.5 Å². The minimum absolute atomic E-state index is 0.352. The van der Waals surface area contributed by atoms with E-state index in [2.05, 4.69) is 54.6 Å². The zero-order valence-corrected chi connectivity index (χ0v) is 18.8. The summed E-state index contributed by atoms with van der Waals surface area (Å²) >= 11 is 0. The minimum Gasteiger partial charge on any atom is -0.508 e. The highest BCUT2D eigenvalue weighted by Crippen LogP contribution is 2.37. The average Bonchev–Trinajstić information content (AvgIpc) is 2.86. The Morgan fingerprint density at radius 3 is 1.72 bits per heavy atom. The van der Waals surface area contributed by atoms with E-state index in [4.69, 9.17) is 0 Å². The Labute approximate surface area is 190 Å². The fourth-order valence-corrected chi connectivity index (χ4v) is 4.65. The van der Waals surface area contributed by atoms with Gasteiger partial charge >= 0.3 is 0 Å². The van der Waals surface area contributed by atoms with Gasteiger partial charge in [0.1, 0.15) is 11.5 Å².